The van der Waals surface area contributed by atoms with Crippen molar-refractivity contribution >= 4 is 28.4 Å². The second kappa shape index (κ2) is 8.35. The predicted molar refractivity (Wildman–Crippen MR) is 112 cm³/mol. The number of alkyl halides is 2. The van der Waals surface area contributed by atoms with Crippen LogP contribution in [0.4, 0.5) is 14.5 Å². The Bertz CT molecular complexity index is 1280. The van der Waals surface area contributed by atoms with Crippen LogP contribution >= 0.6 is 0 Å². The Hall–Kier alpha value is -4.07. The third-order valence-corrected chi connectivity index (χ3v) is 4.61. The van der Waals surface area contributed by atoms with Crippen molar-refractivity contribution in [1.82, 2.24) is 9.97 Å². The van der Waals surface area contributed by atoms with Crippen molar-refractivity contribution < 1.29 is 23.1 Å². The lowest BCUT2D eigenvalue weighted by Gasteiger charge is -2.07. The van der Waals surface area contributed by atoms with Crippen LogP contribution in [0.1, 0.15) is 22.8 Å². The molecule has 4 rings (SSSR count). The van der Waals surface area contributed by atoms with Crippen molar-refractivity contribution in [1.29, 1.82) is 0 Å². The molecular formula is C23H17F2N3O3. The Kier molecular flexibility index (Phi) is 5.44. The van der Waals surface area contributed by atoms with Crippen molar-refractivity contribution in [2.75, 3.05) is 5.32 Å². The fraction of sp³-hybridized carbons (Fsp3) is 0.0870. The summed E-state index contributed by atoms with van der Waals surface area (Å²) in [7, 11) is 0. The fourth-order valence-electron chi connectivity index (χ4n) is 3.30. The maximum atomic E-state index is 13.0. The van der Waals surface area contributed by atoms with Gasteiger partial charge in [0.25, 0.3) is 0 Å². The molecule has 0 radical (unpaired) electrons. The number of fused-ring (bicyclic) bond motifs is 1. The average Bonchev–Trinajstić information content (AvgIpc) is 3.16. The van der Waals surface area contributed by atoms with Crippen molar-refractivity contribution in [2.45, 2.75) is 13.5 Å². The van der Waals surface area contributed by atoms with Gasteiger partial charge < -0.3 is 15.0 Å². The van der Waals surface area contributed by atoms with Gasteiger partial charge in [0.05, 0.1) is 0 Å². The molecule has 0 unspecified atom stereocenters. The first-order valence-corrected chi connectivity index (χ1v) is 9.35. The van der Waals surface area contributed by atoms with Crippen LogP contribution in [0.5, 0.6) is 5.75 Å². The van der Waals surface area contributed by atoms with E-state index in [1.165, 1.54) is 37.4 Å². The van der Waals surface area contributed by atoms with Gasteiger partial charge in [-0.05, 0) is 35.9 Å². The maximum Gasteiger partial charge on any atom is 0.387 e. The molecule has 0 fully saturated rings. The highest BCUT2D eigenvalue weighted by Crippen LogP contribution is 2.28. The Morgan fingerprint density at radius 3 is 2.65 bits per heavy atom. The molecule has 0 atom stereocenters. The number of hydrogen-bond donors (Lipinski definition) is 2. The molecule has 0 aliphatic heterocycles. The average molecular weight is 421 g/mol. The van der Waals surface area contributed by atoms with Gasteiger partial charge in [0.15, 0.2) is 5.78 Å². The molecule has 4 aromatic rings. The van der Waals surface area contributed by atoms with Crippen molar-refractivity contribution in [3.63, 3.8) is 0 Å². The molecule has 0 saturated heterocycles. The zero-order valence-corrected chi connectivity index (χ0v) is 16.4. The highest BCUT2D eigenvalue weighted by molar-refractivity contribution is 6.16. The number of carbonyl (C=O) groups excluding carboxylic acids is 2. The molecular weight excluding hydrogens is 404 g/mol. The lowest BCUT2D eigenvalue weighted by Crippen LogP contribution is -2.05. The molecule has 0 spiro atoms. The number of aromatic nitrogens is 2. The van der Waals surface area contributed by atoms with Crippen molar-refractivity contribution in [3.8, 4) is 16.9 Å². The molecule has 0 bridgehead atoms. The third kappa shape index (κ3) is 4.42. The Morgan fingerprint density at radius 1 is 1.06 bits per heavy atom. The lowest BCUT2D eigenvalue weighted by molar-refractivity contribution is -0.114. The van der Waals surface area contributed by atoms with E-state index in [-0.39, 0.29) is 23.0 Å². The van der Waals surface area contributed by atoms with E-state index in [1.54, 1.807) is 12.3 Å². The smallest absolute Gasteiger partial charge is 0.387 e. The Morgan fingerprint density at radius 2 is 1.87 bits per heavy atom. The molecule has 31 heavy (non-hydrogen) atoms. The van der Waals surface area contributed by atoms with E-state index in [2.05, 4.69) is 20.0 Å². The maximum absolute atomic E-state index is 13.0. The fourth-order valence-corrected chi connectivity index (χ4v) is 3.30. The molecule has 6 nitrogen and oxygen atoms in total. The molecule has 2 N–H and O–H groups in total. The van der Waals surface area contributed by atoms with Crippen molar-refractivity contribution in [2.24, 2.45) is 0 Å². The minimum Gasteiger partial charge on any atom is -0.435 e. The summed E-state index contributed by atoms with van der Waals surface area (Å²) in [6.07, 6.45) is 3.20. The van der Waals surface area contributed by atoms with E-state index in [9.17, 15) is 18.4 Å². The number of benzene rings is 2. The molecule has 1 amide bonds. The number of rotatable bonds is 6. The van der Waals surface area contributed by atoms with Crippen LogP contribution in [0.2, 0.25) is 0 Å². The minimum atomic E-state index is -2.97. The van der Waals surface area contributed by atoms with E-state index in [4.69, 9.17) is 0 Å². The van der Waals surface area contributed by atoms with Crippen LogP contribution in [-0.4, -0.2) is 28.3 Å². The number of anilines is 1. The van der Waals surface area contributed by atoms with Gasteiger partial charge >= 0.3 is 6.61 Å². The first kappa shape index (κ1) is 20.2. The molecule has 0 saturated carbocycles. The van der Waals surface area contributed by atoms with E-state index >= 15 is 0 Å². The zero-order chi connectivity index (χ0) is 22.0. The predicted octanol–water partition coefficient (Wildman–Crippen LogP) is 5.02. The highest BCUT2D eigenvalue weighted by Gasteiger charge is 2.17. The number of pyridine rings is 1. The number of halogens is 2. The number of H-pyrrole nitrogens is 1. The van der Waals surface area contributed by atoms with Crippen LogP contribution < -0.4 is 10.1 Å². The number of amides is 1. The number of hydrogen-bond acceptors (Lipinski definition) is 4. The molecule has 8 heteroatoms. The van der Waals surface area contributed by atoms with Crippen LogP contribution in [0.25, 0.3) is 22.2 Å². The Balaban J connectivity index is 1.71. The van der Waals surface area contributed by atoms with Gasteiger partial charge in [-0.25, -0.2) is 4.98 Å². The highest BCUT2D eigenvalue weighted by atomic mass is 19.3. The number of aromatic amines is 1. The number of ether oxygens (including phenoxy) is 1. The van der Waals surface area contributed by atoms with E-state index in [0.29, 0.717) is 22.3 Å². The third-order valence-electron chi connectivity index (χ3n) is 4.61. The molecule has 0 aliphatic rings. The first-order valence-electron chi connectivity index (χ1n) is 9.35. The van der Waals surface area contributed by atoms with E-state index in [1.807, 2.05) is 24.3 Å². The molecule has 156 valence electrons. The summed E-state index contributed by atoms with van der Waals surface area (Å²) in [5.41, 5.74) is 3.31. The lowest BCUT2D eigenvalue weighted by atomic mass is 10.0. The van der Waals surface area contributed by atoms with Crippen molar-refractivity contribution in [3.05, 3.63) is 78.1 Å². The minimum absolute atomic E-state index is 0.0886. The number of ketones is 1. The molecule has 0 aliphatic carbocycles. The summed E-state index contributed by atoms with van der Waals surface area (Å²) < 4.78 is 29.4. The van der Waals surface area contributed by atoms with Crippen LogP contribution in [0.15, 0.2) is 67.0 Å². The summed E-state index contributed by atoms with van der Waals surface area (Å²) in [5, 5.41) is 3.32. The summed E-state index contributed by atoms with van der Waals surface area (Å²) in [6, 6.07) is 14.7. The second-order valence-corrected chi connectivity index (χ2v) is 6.82. The molecule has 2 aromatic heterocycles. The normalized spacial score (nSPS) is 11.0. The van der Waals surface area contributed by atoms with E-state index < -0.39 is 6.61 Å². The quantitative estimate of drug-likeness (QED) is 0.428. The van der Waals surface area contributed by atoms with Gasteiger partial charge in [-0.2, -0.15) is 8.78 Å². The van der Waals surface area contributed by atoms with E-state index in [0.717, 1.165) is 11.1 Å². The van der Waals surface area contributed by atoms with Gasteiger partial charge in [-0.1, -0.05) is 24.3 Å². The summed E-state index contributed by atoms with van der Waals surface area (Å²) in [5.74, 6) is -0.617. The van der Waals surface area contributed by atoms with Gasteiger partial charge in [-0.3, -0.25) is 9.59 Å². The van der Waals surface area contributed by atoms with Crippen LogP contribution in [0.3, 0.4) is 0 Å². The first-order chi connectivity index (χ1) is 14.9. The summed E-state index contributed by atoms with van der Waals surface area (Å²) in [6.45, 7) is -1.54. The van der Waals surface area contributed by atoms with Gasteiger partial charge in [0.2, 0.25) is 5.91 Å². The van der Waals surface area contributed by atoms with Gasteiger partial charge in [-0.15, -0.1) is 0 Å². The van der Waals surface area contributed by atoms with Gasteiger partial charge in [0.1, 0.15) is 11.4 Å². The number of nitrogens with one attached hydrogen (secondary N) is 2. The van der Waals surface area contributed by atoms with Crippen LogP contribution in [0, 0.1) is 0 Å². The SMILES string of the molecule is CC(=O)Nc1cccc(-c2cnc3[nH]cc(C(=O)c4cccc(OC(F)F)c4)c3c2)c1. The standard InChI is InChI=1S/C23H17F2N3O3/c1-13(29)28-17-6-2-4-14(8-17)16-10-19-20(12-27-22(19)26-11-16)21(30)15-5-3-7-18(9-15)31-23(24)25/h2-12,23H,1H3,(H,26,27)(H,28,29). The number of nitrogens with zero attached hydrogens (tertiary/aromatic N) is 1. The summed E-state index contributed by atoms with van der Waals surface area (Å²) in [4.78, 5) is 31.7. The Labute approximate surface area is 175 Å². The summed E-state index contributed by atoms with van der Waals surface area (Å²) >= 11 is 0. The van der Waals surface area contributed by atoms with Crippen LogP contribution in [-0.2, 0) is 4.79 Å². The zero-order valence-electron chi connectivity index (χ0n) is 16.4. The second-order valence-electron chi connectivity index (χ2n) is 6.82. The largest absolute Gasteiger partial charge is 0.435 e. The molecule has 2 heterocycles. The molecule has 2 aromatic carbocycles. The van der Waals surface area contributed by atoms with Gasteiger partial charge in [0, 0.05) is 47.1 Å². The topological polar surface area (TPSA) is 84.1 Å². The monoisotopic (exact) mass is 421 g/mol. The number of carbonyl (C=O) groups is 2.